The number of rotatable bonds is 7. The van der Waals surface area contributed by atoms with E-state index >= 15 is 0 Å². The molecule has 0 radical (unpaired) electrons. The molecule has 31 heavy (non-hydrogen) atoms. The van der Waals surface area contributed by atoms with Crippen LogP contribution in [-0.4, -0.2) is 42.8 Å². The molecule has 1 fully saturated rings. The van der Waals surface area contributed by atoms with Crippen LogP contribution in [0.2, 0.25) is 0 Å². The first kappa shape index (κ1) is 21.6. The Morgan fingerprint density at radius 2 is 1.74 bits per heavy atom. The van der Waals surface area contributed by atoms with Crippen LogP contribution >= 0.6 is 0 Å². The number of hydrogen-bond donors (Lipinski definition) is 1. The minimum atomic E-state index is -3.46. The predicted molar refractivity (Wildman–Crippen MR) is 122 cm³/mol. The lowest BCUT2D eigenvalue weighted by atomic mass is 10.1. The van der Waals surface area contributed by atoms with Crippen LogP contribution in [0.3, 0.4) is 0 Å². The summed E-state index contributed by atoms with van der Waals surface area (Å²) < 4.78 is 29.3. The molecule has 1 saturated heterocycles. The van der Waals surface area contributed by atoms with E-state index in [1.807, 2.05) is 16.8 Å². The highest BCUT2D eigenvalue weighted by molar-refractivity contribution is 7.89. The van der Waals surface area contributed by atoms with Crippen molar-refractivity contribution >= 4 is 26.8 Å². The first-order chi connectivity index (χ1) is 14.9. The summed E-state index contributed by atoms with van der Waals surface area (Å²) in [5, 5.41) is 3.79. The van der Waals surface area contributed by atoms with Crippen molar-refractivity contribution in [3.05, 3.63) is 65.9 Å². The lowest BCUT2D eigenvalue weighted by Crippen LogP contribution is -2.35. The Bertz CT molecular complexity index is 1160. The summed E-state index contributed by atoms with van der Waals surface area (Å²) in [6.07, 6.45) is 5.53. The average Bonchev–Trinajstić information content (AvgIpc) is 3.17. The topological polar surface area (TPSA) is 71.4 Å². The number of amides is 1. The Morgan fingerprint density at radius 1 is 1.00 bits per heavy atom. The van der Waals surface area contributed by atoms with Gasteiger partial charge in [-0.3, -0.25) is 4.79 Å². The van der Waals surface area contributed by atoms with Gasteiger partial charge >= 0.3 is 0 Å². The van der Waals surface area contributed by atoms with Crippen molar-refractivity contribution in [1.29, 1.82) is 0 Å². The number of benzene rings is 2. The van der Waals surface area contributed by atoms with Crippen molar-refractivity contribution in [3.8, 4) is 0 Å². The third-order valence-electron chi connectivity index (χ3n) is 5.87. The van der Waals surface area contributed by atoms with E-state index in [2.05, 4.69) is 36.5 Å². The van der Waals surface area contributed by atoms with Gasteiger partial charge in [-0.2, -0.15) is 4.31 Å². The number of aryl methyl sites for hydroxylation is 1. The molecular formula is C24H29N3O3S. The smallest absolute Gasteiger partial charge is 0.243 e. The van der Waals surface area contributed by atoms with E-state index in [1.54, 1.807) is 22.5 Å². The molecule has 0 saturated carbocycles. The summed E-state index contributed by atoms with van der Waals surface area (Å²) in [7, 11) is -3.46. The Balaban J connectivity index is 1.39. The molecule has 1 aliphatic rings. The zero-order valence-corrected chi connectivity index (χ0v) is 18.7. The van der Waals surface area contributed by atoms with Gasteiger partial charge in [0.2, 0.25) is 15.9 Å². The fraction of sp³-hybridized carbons (Fsp3) is 0.375. The molecule has 1 aromatic heterocycles. The second kappa shape index (κ2) is 9.24. The average molecular weight is 440 g/mol. The minimum absolute atomic E-state index is 0.0605. The molecule has 0 bridgehead atoms. The van der Waals surface area contributed by atoms with Gasteiger partial charge in [0.05, 0.1) is 4.90 Å². The first-order valence-electron chi connectivity index (χ1n) is 10.8. The number of carbonyl (C=O) groups is 1. The van der Waals surface area contributed by atoms with Gasteiger partial charge in [0, 0.05) is 36.7 Å². The zero-order chi connectivity index (χ0) is 21.8. The summed E-state index contributed by atoms with van der Waals surface area (Å²) in [6.45, 7) is 4.02. The van der Waals surface area contributed by atoms with Crippen molar-refractivity contribution < 1.29 is 13.2 Å². The first-order valence-corrected chi connectivity index (χ1v) is 12.3. The van der Waals surface area contributed by atoms with Gasteiger partial charge in [0.15, 0.2) is 0 Å². The maximum Gasteiger partial charge on any atom is 0.243 e. The van der Waals surface area contributed by atoms with E-state index in [0.29, 0.717) is 24.5 Å². The normalized spacial score (nSPS) is 15.3. The van der Waals surface area contributed by atoms with E-state index in [4.69, 9.17) is 0 Å². The Labute approximate surface area is 183 Å². The number of piperidine rings is 1. The zero-order valence-electron chi connectivity index (χ0n) is 17.9. The van der Waals surface area contributed by atoms with Crippen LogP contribution in [0.1, 0.15) is 30.4 Å². The summed E-state index contributed by atoms with van der Waals surface area (Å²) in [6, 6.07) is 15.3. The maximum atomic E-state index is 12.9. The molecule has 3 aromatic rings. The Morgan fingerprint density at radius 3 is 2.48 bits per heavy atom. The van der Waals surface area contributed by atoms with Gasteiger partial charge in [0.1, 0.15) is 6.54 Å². The van der Waals surface area contributed by atoms with Crippen LogP contribution in [0.25, 0.3) is 10.9 Å². The quantitative estimate of drug-likeness (QED) is 0.613. The number of carbonyl (C=O) groups excluding carboxylic acids is 1. The van der Waals surface area contributed by atoms with Gasteiger partial charge in [0.25, 0.3) is 0 Å². The van der Waals surface area contributed by atoms with Crippen LogP contribution in [0.4, 0.5) is 0 Å². The van der Waals surface area contributed by atoms with Crippen molar-refractivity contribution in [2.75, 3.05) is 19.6 Å². The molecule has 1 aliphatic heterocycles. The second-order valence-corrected chi connectivity index (χ2v) is 10.2. The number of nitrogens with one attached hydrogen (secondary N) is 1. The van der Waals surface area contributed by atoms with Crippen molar-refractivity contribution in [2.24, 2.45) is 0 Å². The Kier molecular flexibility index (Phi) is 6.43. The monoisotopic (exact) mass is 439 g/mol. The molecule has 7 heteroatoms. The highest BCUT2D eigenvalue weighted by Crippen LogP contribution is 2.25. The van der Waals surface area contributed by atoms with Crippen LogP contribution in [0.5, 0.6) is 0 Å². The van der Waals surface area contributed by atoms with Crippen molar-refractivity contribution in [2.45, 2.75) is 44.0 Å². The van der Waals surface area contributed by atoms with Gasteiger partial charge in [-0.25, -0.2) is 8.42 Å². The predicted octanol–water partition coefficient (Wildman–Crippen LogP) is 3.48. The summed E-state index contributed by atoms with van der Waals surface area (Å²) in [5.74, 6) is -0.0605. The second-order valence-electron chi connectivity index (χ2n) is 8.21. The summed E-state index contributed by atoms with van der Waals surface area (Å²) >= 11 is 0. The largest absolute Gasteiger partial charge is 0.354 e. The van der Waals surface area contributed by atoms with E-state index in [0.717, 1.165) is 36.6 Å². The van der Waals surface area contributed by atoms with Crippen LogP contribution in [0.15, 0.2) is 59.6 Å². The standard InChI is InChI=1S/C24H29N3O3S/c1-19-5-7-20(8-6-19)11-13-25-24(28)18-26-16-12-21-17-22(9-10-23(21)26)31(29,30)27-14-3-2-4-15-27/h5-10,12,16-17H,2-4,11,13-15,18H2,1H3,(H,25,28). The van der Waals surface area contributed by atoms with E-state index < -0.39 is 10.0 Å². The number of hydrogen-bond acceptors (Lipinski definition) is 3. The maximum absolute atomic E-state index is 12.9. The molecule has 164 valence electrons. The lowest BCUT2D eigenvalue weighted by Gasteiger charge is -2.25. The highest BCUT2D eigenvalue weighted by atomic mass is 32.2. The Hall–Kier alpha value is -2.64. The summed E-state index contributed by atoms with van der Waals surface area (Å²) in [5.41, 5.74) is 3.27. The molecule has 0 unspecified atom stereocenters. The van der Waals surface area contributed by atoms with Crippen LogP contribution in [-0.2, 0) is 27.8 Å². The number of nitrogens with zero attached hydrogens (tertiary/aromatic N) is 2. The fourth-order valence-electron chi connectivity index (χ4n) is 4.04. The fourth-order valence-corrected chi connectivity index (χ4v) is 5.60. The van der Waals surface area contributed by atoms with Crippen LogP contribution < -0.4 is 5.32 Å². The van der Waals surface area contributed by atoms with E-state index in [9.17, 15) is 13.2 Å². The van der Waals surface area contributed by atoms with Gasteiger partial charge < -0.3 is 9.88 Å². The van der Waals surface area contributed by atoms with Gasteiger partial charge in [-0.1, -0.05) is 36.2 Å². The molecule has 2 heterocycles. The van der Waals surface area contributed by atoms with Gasteiger partial charge in [-0.05, 0) is 56.0 Å². The number of fused-ring (bicyclic) bond motifs is 1. The molecule has 1 amide bonds. The lowest BCUT2D eigenvalue weighted by molar-refractivity contribution is -0.121. The highest BCUT2D eigenvalue weighted by Gasteiger charge is 2.26. The third kappa shape index (κ3) is 4.99. The van der Waals surface area contributed by atoms with E-state index in [-0.39, 0.29) is 12.5 Å². The SMILES string of the molecule is Cc1ccc(CCNC(=O)Cn2ccc3cc(S(=O)(=O)N4CCCCC4)ccc32)cc1. The molecule has 1 N–H and O–H groups in total. The molecular weight excluding hydrogens is 410 g/mol. The van der Waals surface area contributed by atoms with Crippen LogP contribution in [0, 0.1) is 6.92 Å². The van der Waals surface area contributed by atoms with E-state index in [1.165, 1.54) is 11.1 Å². The number of sulfonamides is 1. The molecule has 0 spiro atoms. The molecule has 6 nitrogen and oxygen atoms in total. The molecule has 0 aliphatic carbocycles. The van der Waals surface area contributed by atoms with Gasteiger partial charge in [-0.15, -0.1) is 0 Å². The van der Waals surface area contributed by atoms with Crippen molar-refractivity contribution in [3.63, 3.8) is 0 Å². The molecule has 4 rings (SSSR count). The third-order valence-corrected chi connectivity index (χ3v) is 7.76. The van der Waals surface area contributed by atoms with Crippen molar-refractivity contribution in [1.82, 2.24) is 14.2 Å². The molecule has 0 atom stereocenters. The number of aromatic nitrogens is 1. The minimum Gasteiger partial charge on any atom is -0.354 e. The molecule has 2 aromatic carbocycles. The summed E-state index contributed by atoms with van der Waals surface area (Å²) in [4.78, 5) is 12.7.